The zero-order valence-electron chi connectivity index (χ0n) is 22.3. The van der Waals surface area contributed by atoms with Crippen molar-refractivity contribution in [3.63, 3.8) is 0 Å². The normalized spacial score (nSPS) is 16.5. The molecule has 40 heavy (non-hydrogen) atoms. The van der Waals surface area contributed by atoms with Crippen molar-refractivity contribution in [2.24, 2.45) is 0 Å². The molecule has 5 rings (SSSR count). The summed E-state index contributed by atoms with van der Waals surface area (Å²) < 4.78 is 11.9. The van der Waals surface area contributed by atoms with Crippen molar-refractivity contribution in [3.05, 3.63) is 108 Å². The average molecular weight is 556 g/mol. The van der Waals surface area contributed by atoms with E-state index in [1.807, 2.05) is 78.4 Å². The summed E-state index contributed by atoms with van der Waals surface area (Å²) in [5.41, 5.74) is 5.50. The summed E-state index contributed by atoms with van der Waals surface area (Å²) >= 11 is 5.89. The molecule has 1 aliphatic heterocycles. The first kappa shape index (κ1) is 27.0. The van der Waals surface area contributed by atoms with Crippen molar-refractivity contribution in [2.45, 2.75) is 19.0 Å². The van der Waals surface area contributed by atoms with Gasteiger partial charge in [-0.15, -0.1) is 0 Å². The smallest absolute Gasteiger partial charge is 0.337 e. The summed E-state index contributed by atoms with van der Waals surface area (Å²) in [7, 11) is 2.85. The van der Waals surface area contributed by atoms with Gasteiger partial charge < -0.3 is 29.6 Å². The summed E-state index contributed by atoms with van der Waals surface area (Å²) in [6.07, 6.45) is 3.72. The van der Waals surface area contributed by atoms with E-state index in [0.29, 0.717) is 16.4 Å². The maximum Gasteiger partial charge on any atom is 0.337 e. The van der Waals surface area contributed by atoms with Gasteiger partial charge in [0.1, 0.15) is 12.6 Å². The monoisotopic (exact) mass is 555 g/mol. The Morgan fingerprint density at radius 3 is 2.60 bits per heavy atom. The zero-order chi connectivity index (χ0) is 28.2. The lowest BCUT2D eigenvalue weighted by atomic mass is 10.00. The van der Waals surface area contributed by atoms with Gasteiger partial charge in [0.25, 0.3) is 0 Å². The number of thiocarbonyl (C=S) groups is 1. The second-order valence-electron chi connectivity index (χ2n) is 9.32. The molecular formula is C30H29N5O4S. The van der Waals surface area contributed by atoms with Crippen molar-refractivity contribution >= 4 is 40.6 Å². The predicted molar refractivity (Wildman–Crippen MR) is 157 cm³/mol. The van der Waals surface area contributed by atoms with Crippen molar-refractivity contribution in [1.82, 2.24) is 14.9 Å². The molecule has 0 spiro atoms. The van der Waals surface area contributed by atoms with Gasteiger partial charge in [-0.25, -0.2) is 4.79 Å². The topological polar surface area (TPSA) is 97.7 Å². The van der Waals surface area contributed by atoms with Crippen LogP contribution in [0.1, 0.15) is 39.4 Å². The summed E-state index contributed by atoms with van der Waals surface area (Å²) in [5, 5.41) is 6.91. The van der Waals surface area contributed by atoms with E-state index in [-0.39, 0.29) is 24.6 Å². The molecule has 1 fully saturated rings. The predicted octanol–water partition coefficient (Wildman–Crippen LogP) is 4.73. The van der Waals surface area contributed by atoms with Gasteiger partial charge >= 0.3 is 5.97 Å². The maximum absolute atomic E-state index is 12.2. The van der Waals surface area contributed by atoms with Crippen molar-refractivity contribution in [2.75, 3.05) is 31.0 Å². The SMILES string of the molecule is COCC(=O)Nc1ccc(N2C(=S)N[C@@H](c3ccccn3)[C@@H]2c2cccn2-c2cccc(C(=O)OC)c2)cc1C. The number of nitrogens with one attached hydrogen (secondary N) is 2. The number of amides is 1. The molecule has 1 aliphatic rings. The number of pyridine rings is 1. The molecule has 2 aromatic carbocycles. The molecule has 4 aromatic rings. The van der Waals surface area contributed by atoms with E-state index < -0.39 is 5.97 Å². The van der Waals surface area contributed by atoms with Crippen LogP contribution in [0.4, 0.5) is 11.4 Å². The second-order valence-corrected chi connectivity index (χ2v) is 9.71. The van der Waals surface area contributed by atoms with Crippen molar-refractivity contribution in [3.8, 4) is 5.69 Å². The fraction of sp³-hybridized carbons (Fsp3) is 0.200. The minimum absolute atomic E-state index is 0.0245. The fourth-order valence-corrected chi connectivity index (χ4v) is 5.31. The van der Waals surface area contributed by atoms with Crippen LogP contribution in [0, 0.1) is 6.92 Å². The molecule has 204 valence electrons. The molecule has 1 saturated heterocycles. The Morgan fingerprint density at radius 2 is 1.88 bits per heavy atom. The van der Waals surface area contributed by atoms with Crippen LogP contribution in [0.15, 0.2) is 85.2 Å². The van der Waals surface area contributed by atoms with Gasteiger partial charge in [0.15, 0.2) is 5.11 Å². The third-order valence-electron chi connectivity index (χ3n) is 6.76. The van der Waals surface area contributed by atoms with Gasteiger partial charge in [-0.3, -0.25) is 9.78 Å². The first-order valence-corrected chi connectivity index (χ1v) is 13.1. The fourth-order valence-electron chi connectivity index (χ4n) is 4.96. The van der Waals surface area contributed by atoms with Gasteiger partial charge in [-0.05, 0) is 85.4 Å². The van der Waals surface area contributed by atoms with Gasteiger partial charge in [-0.1, -0.05) is 12.1 Å². The van der Waals surface area contributed by atoms with E-state index in [0.717, 1.165) is 28.3 Å². The number of nitrogens with zero attached hydrogens (tertiary/aromatic N) is 3. The molecule has 3 heterocycles. The number of ether oxygens (including phenoxy) is 2. The van der Waals surface area contributed by atoms with Crippen molar-refractivity contribution in [1.29, 1.82) is 0 Å². The van der Waals surface area contributed by atoms with Crippen LogP contribution in [-0.2, 0) is 14.3 Å². The van der Waals surface area contributed by atoms with Crippen LogP contribution < -0.4 is 15.5 Å². The van der Waals surface area contributed by atoms with Gasteiger partial charge in [0.05, 0.1) is 24.4 Å². The molecule has 0 unspecified atom stereocenters. The number of hydrogen-bond acceptors (Lipinski definition) is 6. The third kappa shape index (κ3) is 5.31. The summed E-state index contributed by atoms with van der Waals surface area (Å²) in [6.45, 7) is 1.91. The number of carbonyl (C=O) groups excluding carboxylic acids is 2. The summed E-state index contributed by atoms with van der Waals surface area (Å²) in [4.78, 5) is 31.1. The number of benzene rings is 2. The number of carbonyl (C=O) groups is 2. The Hall–Kier alpha value is -4.54. The lowest BCUT2D eigenvalue weighted by Crippen LogP contribution is -2.30. The van der Waals surface area contributed by atoms with E-state index >= 15 is 0 Å². The van der Waals surface area contributed by atoms with Crippen molar-refractivity contribution < 1.29 is 19.1 Å². The largest absolute Gasteiger partial charge is 0.465 e. The minimum Gasteiger partial charge on any atom is -0.465 e. The molecule has 2 aromatic heterocycles. The second kappa shape index (κ2) is 11.7. The molecular weight excluding hydrogens is 526 g/mol. The van der Waals surface area contributed by atoms with Crippen LogP contribution in [0.25, 0.3) is 5.69 Å². The summed E-state index contributed by atoms with van der Waals surface area (Å²) in [5.74, 6) is -0.628. The first-order valence-electron chi connectivity index (χ1n) is 12.7. The first-order chi connectivity index (χ1) is 19.4. The Morgan fingerprint density at radius 1 is 1.02 bits per heavy atom. The highest BCUT2D eigenvalue weighted by Gasteiger charge is 2.42. The Bertz CT molecular complexity index is 1550. The van der Waals surface area contributed by atoms with E-state index in [4.69, 9.17) is 21.7 Å². The lowest BCUT2D eigenvalue weighted by molar-refractivity contribution is -0.119. The number of anilines is 2. The molecule has 9 nitrogen and oxygen atoms in total. The summed E-state index contributed by atoms with van der Waals surface area (Å²) in [6, 6.07) is 22.4. The molecule has 1 amide bonds. The number of esters is 1. The highest BCUT2D eigenvalue weighted by atomic mass is 32.1. The van der Waals surface area contributed by atoms with Crippen LogP contribution >= 0.6 is 12.2 Å². The molecule has 10 heteroatoms. The Balaban J connectivity index is 1.59. The number of hydrogen-bond donors (Lipinski definition) is 2. The number of aromatic nitrogens is 2. The molecule has 0 bridgehead atoms. The van der Waals surface area contributed by atoms with E-state index in [9.17, 15) is 9.59 Å². The van der Waals surface area contributed by atoms with Crippen LogP contribution in [0.5, 0.6) is 0 Å². The maximum atomic E-state index is 12.2. The molecule has 2 atom stereocenters. The van der Waals surface area contributed by atoms with Gasteiger partial charge in [-0.2, -0.15) is 0 Å². The van der Waals surface area contributed by atoms with Gasteiger partial charge in [0.2, 0.25) is 5.91 Å². The molecule has 0 saturated carbocycles. The molecule has 2 N–H and O–H groups in total. The number of rotatable bonds is 8. The highest BCUT2D eigenvalue weighted by molar-refractivity contribution is 7.80. The zero-order valence-corrected chi connectivity index (χ0v) is 23.1. The highest BCUT2D eigenvalue weighted by Crippen LogP contribution is 2.43. The number of aryl methyl sites for hydroxylation is 1. The Kier molecular flexibility index (Phi) is 7.90. The standard InChI is InChI=1S/C30H29N5O4S/c1-19-16-22(12-13-23(19)32-26(36)18-38-2)35-28(27(33-30(35)40)24-10-4-5-14-31-24)25-11-7-15-34(25)21-9-6-8-20(17-21)29(37)39-3/h4-17,27-28H,18H2,1-3H3,(H,32,36)(H,33,40)/t27-,28-/m0/s1. The molecule has 0 aliphatic carbocycles. The number of methoxy groups -OCH3 is 2. The third-order valence-corrected chi connectivity index (χ3v) is 7.08. The van der Waals surface area contributed by atoms with Crippen LogP contribution in [-0.4, -0.2) is 47.4 Å². The van der Waals surface area contributed by atoms with E-state index in [1.54, 1.807) is 18.3 Å². The van der Waals surface area contributed by atoms with Crippen LogP contribution in [0.2, 0.25) is 0 Å². The van der Waals surface area contributed by atoms with Gasteiger partial charge in [0, 0.05) is 42.3 Å². The van der Waals surface area contributed by atoms with E-state index in [1.165, 1.54) is 14.2 Å². The molecule has 0 radical (unpaired) electrons. The average Bonchev–Trinajstić information content (AvgIpc) is 3.58. The Labute approximate surface area is 237 Å². The lowest BCUT2D eigenvalue weighted by Gasteiger charge is -2.29. The van der Waals surface area contributed by atoms with E-state index in [2.05, 4.69) is 20.5 Å². The minimum atomic E-state index is -0.402. The quantitative estimate of drug-likeness (QED) is 0.238. The van der Waals surface area contributed by atoms with Crippen LogP contribution in [0.3, 0.4) is 0 Å².